The van der Waals surface area contributed by atoms with Crippen LogP contribution in [-0.2, 0) is 9.53 Å². The maximum atomic E-state index is 12.2. The Bertz CT molecular complexity index is 792. The molecular weight excluding hydrogens is 334 g/mol. The molecular formula is C16H18ClN3O4. The molecule has 4 N–H and O–H groups in total. The number of carbonyl (C=O) groups excluding carboxylic acids is 2. The number of carbonyl (C=O) groups is 2. The van der Waals surface area contributed by atoms with Gasteiger partial charge < -0.3 is 20.5 Å². The Morgan fingerprint density at radius 2 is 1.75 bits per heavy atom. The van der Waals surface area contributed by atoms with Gasteiger partial charge in [0.15, 0.2) is 0 Å². The number of halogens is 1. The van der Waals surface area contributed by atoms with Crippen LogP contribution in [0.15, 0.2) is 36.4 Å². The standard InChI is InChI=1S/C16H17N3O4.ClH/c1-19(2)15(21)13(14(17)18)23-16(22)11-4-3-10-8-12(20)6-5-9(10)7-11;/h3-8,13,20H,1-2H3,(H3,17,18);1H. The summed E-state index contributed by atoms with van der Waals surface area (Å²) in [7, 11) is 2.96. The third-order valence-electron chi connectivity index (χ3n) is 3.23. The van der Waals surface area contributed by atoms with Crippen LogP contribution in [0.5, 0.6) is 5.75 Å². The number of amidine groups is 1. The Morgan fingerprint density at radius 1 is 1.17 bits per heavy atom. The summed E-state index contributed by atoms with van der Waals surface area (Å²) in [5.41, 5.74) is 5.56. The van der Waals surface area contributed by atoms with Gasteiger partial charge in [-0.2, -0.15) is 0 Å². The molecule has 0 aliphatic carbocycles. The lowest BCUT2D eigenvalue weighted by Crippen LogP contribution is -2.45. The van der Waals surface area contributed by atoms with Gasteiger partial charge in [-0.25, -0.2) is 4.79 Å². The molecule has 0 fully saturated rings. The van der Waals surface area contributed by atoms with Gasteiger partial charge in [0.2, 0.25) is 6.10 Å². The topological polar surface area (TPSA) is 117 Å². The van der Waals surface area contributed by atoms with E-state index in [9.17, 15) is 14.7 Å². The highest BCUT2D eigenvalue weighted by Gasteiger charge is 2.28. The number of hydrogen-bond acceptors (Lipinski definition) is 5. The van der Waals surface area contributed by atoms with E-state index < -0.39 is 23.8 Å². The van der Waals surface area contributed by atoms with Gasteiger partial charge in [0, 0.05) is 14.1 Å². The molecule has 128 valence electrons. The van der Waals surface area contributed by atoms with Gasteiger partial charge in [0.1, 0.15) is 11.6 Å². The largest absolute Gasteiger partial charge is 0.508 e. The number of amides is 1. The number of likely N-dealkylation sites (N-methyl/N-ethyl adjacent to an activating group) is 1. The quantitative estimate of drug-likeness (QED) is 0.438. The predicted molar refractivity (Wildman–Crippen MR) is 92.7 cm³/mol. The Hall–Kier alpha value is -2.80. The van der Waals surface area contributed by atoms with Crippen molar-refractivity contribution in [2.75, 3.05) is 14.1 Å². The van der Waals surface area contributed by atoms with Gasteiger partial charge in [-0.1, -0.05) is 12.1 Å². The van der Waals surface area contributed by atoms with Crippen LogP contribution >= 0.6 is 12.4 Å². The number of ether oxygens (including phenoxy) is 1. The van der Waals surface area contributed by atoms with E-state index in [4.69, 9.17) is 15.9 Å². The summed E-state index contributed by atoms with van der Waals surface area (Å²) in [6, 6.07) is 9.48. The molecule has 1 amide bonds. The van der Waals surface area contributed by atoms with E-state index in [-0.39, 0.29) is 23.7 Å². The molecule has 0 aromatic heterocycles. The highest BCUT2D eigenvalue weighted by molar-refractivity contribution is 6.06. The minimum absolute atomic E-state index is 0. The third-order valence-corrected chi connectivity index (χ3v) is 3.23. The molecule has 2 aromatic rings. The molecule has 8 heteroatoms. The zero-order valence-corrected chi connectivity index (χ0v) is 14.0. The fraction of sp³-hybridized carbons (Fsp3) is 0.188. The normalized spacial score (nSPS) is 11.2. The lowest BCUT2D eigenvalue weighted by atomic mass is 10.1. The molecule has 0 bridgehead atoms. The van der Waals surface area contributed by atoms with Gasteiger partial charge in [-0.05, 0) is 35.0 Å². The van der Waals surface area contributed by atoms with Gasteiger partial charge in [0.25, 0.3) is 5.91 Å². The summed E-state index contributed by atoms with van der Waals surface area (Å²) >= 11 is 0. The first-order valence-electron chi connectivity index (χ1n) is 6.78. The molecule has 0 aliphatic heterocycles. The SMILES string of the molecule is CN(C)C(=O)C(OC(=O)c1ccc2cc(O)ccc2c1)C(=N)N.Cl. The number of aromatic hydroxyl groups is 1. The Morgan fingerprint density at radius 3 is 2.33 bits per heavy atom. The molecule has 1 atom stereocenters. The molecule has 24 heavy (non-hydrogen) atoms. The average molecular weight is 352 g/mol. The first-order valence-corrected chi connectivity index (χ1v) is 6.78. The summed E-state index contributed by atoms with van der Waals surface area (Å²) in [6.07, 6.45) is -1.45. The van der Waals surface area contributed by atoms with E-state index >= 15 is 0 Å². The second-order valence-electron chi connectivity index (χ2n) is 5.22. The Kier molecular flexibility index (Phi) is 6.13. The maximum absolute atomic E-state index is 12.2. The summed E-state index contributed by atoms with van der Waals surface area (Å²) in [5, 5.41) is 18.3. The second-order valence-corrected chi connectivity index (χ2v) is 5.22. The van der Waals surface area contributed by atoms with Gasteiger partial charge in [-0.3, -0.25) is 10.2 Å². The van der Waals surface area contributed by atoms with Crippen LogP contribution in [0.4, 0.5) is 0 Å². The van der Waals surface area contributed by atoms with Crippen LogP contribution in [0.1, 0.15) is 10.4 Å². The minimum atomic E-state index is -1.45. The Balaban J connectivity index is 0.00000288. The summed E-state index contributed by atoms with van der Waals surface area (Å²) in [5.74, 6) is -1.75. The zero-order chi connectivity index (χ0) is 17.1. The molecule has 0 spiro atoms. The number of benzene rings is 2. The predicted octanol–water partition coefficient (Wildman–Crippen LogP) is 1.52. The molecule has 0 saturated heterocycles. The van der Waals surface area contributed by atoms with Gasteiger partial charge in [0.05, 0.1) is 5.56 Å². The van der Waals surface area contributed by atoms with Crippen molar-refractivity contribution in [2.24, 2.45) is 5.73 Å². The molecule has 2 rings (SSSR count). The fourth-order valence-electron chi connectivity index (χ4n) is 2.02. The summed E-state index contributed by atoms with van der Waals surface area (Å²) in [4.78, 5) is 25.3. The van der Waals surface area contributed by atoms with E-state index in [2.05, 4.69) is 0 Å². The highest BCUT2D eigenvalue weighted by atomic mass is 35.5. The van der Waals surface area contributed by atoms with Gasteiger partial charge in [-0.15, -0.1) is 12.4 Å². The number of fused-ring (bicyclic) bond motifs is 1. The summed E-state index contributed by atoms with van der Waals surface area (Å²) < 4.78 is 5.06. The zero-order valence-electron chi connectivity index (χ0n) is 13.1. The van der Waals surface area contributed by atoms with E-state index in [1.807, 2.05) is 0 Å². The van der Waals surface area contributed by atoms with Crippen molar-refractivity contribution in [1.82, 2.24) is 4.90 Å². The van der Waals surface area contributed by atoms with Crippen molar-refractivity contribution in [3.63, 3.8) is 0 Å². The number of nitrogens with zero attached hydrogens (tertiary/aromatic N) is 1. The molecule has 0 saturated carbocycles. The average Bonchev–Trinajstić information content (AvgIpc) is 2.50. The first kappa shape index (κ1) is 19.2. The lowest BCUT2D eigenvalue weighted by molar-refractivity contribution is -0.134. The van der Waals surface area contributed by atoms with Crippen molar-refractivity contribution in [3.8, 4) is 5.75 Å². The van der Waals surface area contributed by atoms with Gasteiger partial charge >= 0.3 is 5.97 Å². The monoisotopic (exact) mass is 351 g/mol. The van der Waals surface area contributed by atoms with E-state index in [1.165, 1.54) is 31.1 Å². The number of phenolic OH excluding ortho intramolecular Hbond substituents is 1. The van der Waals surface area contributed by atoms with Crippen LogP contribution in [-0.4, -0.2) is 47.9 Å². The Labute approximate surface area is 144 Å². The molecule has 0 radical (unpaired) electrons. The van der Waals surface area contributed by atoms with E-state index in [0.717, 1.165) is 10.8 Å². The molecule has 1 unspecified atom stereocenters. The van der Waals surface area contributed by atoms with E-state index in [0.29, 0.717) is 0 Å². The van der Waals surface area contributed by atoms with Crippen molar-refractivity contribution in [2.45, 2.75) is 6.10 Å². The smallest absolute Gasteiger partial charge is 0.339 e. The molecule has 0 aliphatic rings. The van der Waals surface area contributed by atoms with Crippen molar-refractivity contribution in [1.29, 1.82) is 5.41 Å². The second kappa shape index (κ2) is 7.65. The van der Waals surface area contributed by atoms with Crippen LogP contribution in [0.25, 0.3) is 10.8 Å². The van der Waals surface area contributed by atoms with Crippen molar-refractivity contribution in [3.05, 3.63) is 42.0 Å². The number of rotatable bonds is 4. The molecule has 2 aromatic carbocycles. The maximum Gasteiger partial charge on any atom is 0.339 e. The van der Waals surface area contributed by atoms with Crippen LogP contribution in [0.3, 0.4) is 0 Å². The number of nitrogens with one attached hydrogen (secondary N) is 1. The fourth-order valence-corrected chi connectivity index (χ4v) is 2.02. The summed E-state index contributed by atoms with van der Waals surface area (Å²) in [6.45, 7) is 0. The number of phenols is 1. The van der Waals surface area contributed by atoms with Crippen molar-refractivity contribution >= 4 is 40.9 Å². The van der Waals surface area contributed by atoms with Crippen molar-refractivity contribution < 1.29 is 19.4 Å². The van der Waals surface area contributed by atoms with Crippen LogP contribution in [0.2, 0.25) is 0 Å². The highest BCUT2D eigenvalue weighted by Crippen LogP contribution is 2.21. The molecule has 0 heterocycles. The van der Waals surface area contributed by atoms with E-state index in [1.54, 1.807) is 24.3 Å². The number of esters is 1. The lowest BCUT2D eigenvalue weighted by Gasteiger charge is -2.19. The number of hydrogen-bond donors (Lipinski definition) is 3. The molecule has 7 nitrogen and oxygen atoms in total. The van der Waals surface area contributed by atoms with Crippen LogP contribution < -0.4 is 5.73 Å². The van der Waals surface area contributed by atoms with Crippen LogP contribution in [0, 0.1) is 5.41 Å². The minimum Gasteiger partial charge on any atom is -0.508 e. The third kappa shape index (κ3) is 4.14. The first-order chi connectivity index (χ1) is 10.8. The number of nitrogens with two attached hydrogens (primary N) is 1.